The van der Waals surface area contributed by atoms with Crippen LogP contribution in [0, 0.1) is 17.0 Å². The summed E-state index contributed by atoms with van der Waals surface area (Å²) in [4.78, 5) is 34.3. The van der Waals surface area contributed by atoms with Gasteiger partial charge in [0.25, 0.3) is 11.6 Å². The molecule has 7 nitrogen and oxygen atoms in total. The van der Waals surface area contributed by atoms with Gasteiger partial charge in [0, 0.05) is 12.6 Å². The lowest BCUT2D eigenvalue weighted by Crippen LogP contribution is -2.30. The number of hydrogen-bond donors (Lipinski definition) is 1. The van der Waals surface area contributed by atoms with Crippen LogP contribution in [0.25, 0.3) is 0 Å². The molecular formula is C19H20N2O5. The van der Waals surface area contributed by atoms with Crippen LogP contribution in [-0.4, -0.2) is 30.0 Å². The van der Waals surface area contributed by atoms with Crippen molar-refractivity contribution in [2.45, 2.75) is 19.8 Å². The number of hydrogen-bond acceptors (Lipinski definition) is 5. The lowest BCUT2D eigenvalue weighted by molar-refractivity contribution is -0.385. The number of carbonyl (C=O) groups is 2. The average Bonchev–Trinajstić information content (AvgIpc) is 2.64. The first-order chi connectivity index (χ1) is 12.5. The molecule has 1 amide bonds. The number of nitrogens with one attached hydrogen (secondary N) is 1. The molecule has 0 aromatic heterocycles. The van der Waals surface area contributed by atoms with Crippen LogP contribution < -0.4 is 5.32 Å². The highest BCUT2D eigenvalue weighted by atomic mass is 16.6. The van der Waals surface area contributed by atoms with Gasteiger partial charge >= 0.3 is 5.97 Å². The summed E-state index contributed by atoms with van der Waals surface area (Å²) in [7, 11) is 0. The summed E-state index contributed by atoms with van der Waals surface area (Å²) in [6.07, 6.45) is 1.59. The lowest BCUT2D eigenvalue weighted by Gasteiger charge is -2.08. The second-order valence-corrected chi connectivity index (χ2v) is 5.74. The predicted molar refractivity (Wildman–Crippen MR) is 95.9 cm³/mol. The van der Waals surface area contributed by atoms with Crippen LogP contribution in [0.5, 0.6) is 0 Å². The van der Waals surface area contributed by atoms with Crippen LogP contribution in [0.2, 0.25) is 0 Å². The summed E-state index contributed by atoms with van der Waals surface area (Å²) >= 11 is 0. The van der Waals surface area contributed by atoms with Crippen molar-refractivity contribution in [2.24, 2.45) is 0 Å². The van der Waals surface area contributed by atoms with Gasteiger partial charge in [-0.3, -0.25) is 14.9 Å². The molecule has 136 valence electrons. The number of nitrogens with zero attached hydrogens (tertiary/aromatic N) is 1. The molecule has 0 saturated carbocycles. The minimum atomic E-state index is -0.880. The Morgan fingerprint density at radius 2 is 1.85 bits per heavy atom. The number of esters is 1. The van der Waals surface area contributed by atoms with Crippen molar-refractivity contribution in [3.8, 4) is 0 Å². The number of rotatable bonds is 8. The Bertz CT molecular complexity index is 790. The summed E-state index contributed by atoms with van der Waals surface area (Å²) in [5.74, 6) is -1.32. The zero-order chi connectivity index (χ0) is 18.9. The van der Waals surface area contributed by atoms with Crippen molar-refractivity contribution < 1.29 is 19.2 Å². The molecule has 0 bridgehead atoms. The third-order valence-electron chi connectivity index (χ3n) is 3.79. The van der Waals surface area contributed by atoms with Crippen LogP contribution >= 0.6 is 0 Å². The number of amides is 1. The van der Waals surface area contributed by atoms with Crippen molar-refractivity contribution in [2.75, 3.05) is 13.2 Å². The largest absolute Gasteiger partial charge is 0.452 e. The molecule has 0 atom stereocenters. The fourth-order valence-corrected chi connectivity index (χ4v) is 2.49. The SMILES string of the molecule is Cc1cccc([N+](=O)[O-])c1C(=O)OCC(=O)NCCCc1ccccc1. The van der Waals surface area contributed by atoms with Gasteiger partial charge in [-0.15, -0.1) is 0 Å². The van der Waals surface area contributed by atoms with E-state index in [2.05, 4.69) is 5.32 Å². The first kappa shape index (κ1) is 19.1. The first-order valence-electron chi connectivity index (χ1n) is 8.21. The quantitative estimate of drug-likeness (QED) is 0.339. The third kappa shape index (κ3) is 5.41. The zero-order valence-electron chi connectivity index (χ0n) is 14.4. The minimum Gasteiger partial charge on any atom is -0.452 e. The van der Waals surface area contributed by atoms with E-state index in [9.17, 15) is 19.7 Å². The molecular weight excluding hydrogens is 336 g/mol. The number of aryl methyl sites for hydroxylation is 2. The van der Waals surface area contributed by atoms with Gasteiger partial charge < -0.3 is 10.1 Å². The fourth-order valence-electron chi connectivity index (χ4n) is 2.49. The first-order valence-corrected chi connectivity index (χ1v) is 8.21. The minimum absolute atomic E-state index is 0.130. The van der Waals surface area contributed by atoms with E-state index in [1.165, 1.54) is 17.7 Å². The van der Waals surface area contributed by atoms with Crippen molar-refractivity contribution in [1.82, 2.24) is 5.32 Å². The van der Waals surface area contributed by atoms with E-state index in [1.807, 2.05) is 30.3 Å². The summed E-state index contributed by atoms with van der Waals surface area (Å²) in [5.41, 5.74) is 1.14. The van der Waals surface area contributed by atoms with Gasteiger partial charge in [-0.2, -0.15) is 0 Å². The molecule has 0 unspecified atom stereocenters. The van der Waals surface area contributed by atoms with Crippen molar-refractivity contribution in [3.63, 3.8) is 0 Å². The van der Waals surface area contributed by atoms with E-state index in [0.717, 1.165) is 12.8 Å². The number of ether oxygens (including phenoxy) is 1. The van der Waals surface area contributed by atoms with E-state index in [4.69, 9.17) is 4.74 Å². The fraction of sp³-hybridized carbons (Fsp3) is 0.263. The Kier molecular flexibility index (Phi) is 6.84. The van der Waals surface area contributed by atoms with Gasteiger partial charge in [-0.05, 0) is 30.9 Å². The van der Waals surface area contributed by atoms with Crippen molar-refractivity contribution in [3.05, 3.63) is 75.3 Å². The normalized spacial score (nSPS) is 10.2. The van der Waals surface area contributed by atoms with Crippen molar-refractivity contribution >= 4 is 17.6 Å². The van der Waals surface area contributed by atoms with Gasteiger partial charge in [0.1, 0.15) is 5.56 Å². The average molecular weight is 356 g/mol. The molecule has 2 aromatic carbocycles. The topological polar surface area (TPSA) is 98.5 Å². The number of nitro benzene ring substituents is 1. The van der Waals surface area contributed by atoms with Crippen LogP contribution in [0.15, 0.2) is 48.5 Å². The van der Waals surface area contributed by atoms with Crippen LogP contribution in [0.3, 0.4) is 0 Å². The lowest BCUT2D eigenvalue weighted by atomic mass is 10.1. The maximum absolute atomic E-state index is 12.1. The molecule has 2 rings (SSSR count). The second-order valence-electron chi connectivity index (χ2n) is 5.74. The summed E-state index contributed by atoms with van der Waals surface area (Å²) in [6, 6.07) is 14.2. The van der Waals surface area contributed by atoms with Gasteiger partial charge in [0.15, 0.2) is 6.61 Å². The highest BCUT2D eigenvalue weighted by Gasteiger charge is 2.24. The smallest absolute Gasteiger partial charge is 0.345 e. The maximum atomic E-state index is 12.1. The Hall–Kier alpha value is -3.22. The molecule has 0 saturated heterocycles. The van der Waals surface area contributed by atoms with Gasteiger partial charge in [-0.25, -0.2) is 4.79 Å². The van der Waals surface area contributed by atoms with E-state index in [0.29, 0.717) is 12.1 Å². The number of nitro groups is 1. The number of carbonyl (C=O) groups excluding carboxylic acids is 2. The molecule has 7 heteroatoms. The molecule has 1 N–H and O–H groups in total. The molecule has 0 radical (unpaired) electrons. The van der Waals surface area contributed by atoms with Crippen LogP contribution in [0.1, 0.15) is 27.9 Å². The highest BCUT2D eigenvalue weighted by molar-refractivity contribution is 5.96. The Morgan fingerprint density at radius 1 is 1.12 bits per heavy atom. The molecule has 0 fully saturated rings. The molecule has 26 heavy (non-hydrogen) atoms. The van der Waals surface area contributed by atoms with Crippen LogP contribution in [-0.2, 0) is 16.0 Å². The second kappa shape index (κ2) is 9.31. The molecule has 0 aliphatic rings. The monoisotopic (exact) mass is 356 g/mol. The predicted octanol–water partition coefficient (Wildman–Crippen LogP) is 2.81. The highest BCUT2D eigenvalue weighted by Crippen LogP contribution is 2.22. The van der Waals surface area contributed by atoms with E-state index in [1.54, 1.807) is 13.0 Å². The van der Waals surface area contributed by atoms with E-state index in [-0.39, 0.29) is 11.3 Å². The summed E-state index contributed by atoms with van der Waals surface area (Å²) < 4.78 is 4.92. The van der Waals surface area contributed by atoms with Gasteiger partial charge in [-0.1, -0.05) is 42.5 Å². The maximum Gasteiger partial charge on any atom is 0.345 e. The third-order valence-corrected chi connectivity index (χ3v) is 3.79. The molecule has 0 heterocycles. The van der Waals surface area contributed by atoms with E-state index < -0.39 is 23.4 Å². The van der Waals surface area contributed by atoms with Gasteiger partial charge in [0.2, 0.25) is 0 Å². The Balaban J connectivity index is 1.79. The Labute approximate surface area is 151 Å². The zero-order valence-corrected chi connectivity index (χ0v) is 14.4. The van der Waals surface area contributed by atoms with Crippen molar-refractivity contribution in [1.29, 1.82) is 0 Å². The number of benzene rings is 2. The molecule has 2 aromatic rings. The summed E-state index contributed by atoms with van der Waals surface area (Å²) in [5, 5.41) is 13.7. The van der Waals surface area contributed by atoms with Gasteiger partial charge in [0.05, 0.1) is 4.92 Å². The molecule has 0 aliphatic carbocycles. The molecule has 0 spiro atoms. The summed E-state index contributed by atoms with van der Waals surface area (Å²) in [6.45, 7) is 1.55. The van der Waals surface area contributed by atoms with E-state index >= 15 is 0 Å². The molecule has 0 aliphatic heterocycles. The van der Waals surface area contributed by atoms with Crippen LogP contribution in [0.4, 0.5) is 5.69 Å². The Morgan fingerprint density at radius 3 is 2.54 bits per heavy atom. The standard InChI is InChI=1S/C19H20N2O5/c1-14-7-5-11-16(21(24)25)18(14)19(23)26-13-17(22)20-12-6-10-15-8-3-2-4-9-15/h2-5,7-9,11H,6,10,12-13H2,1H3,(H,20,22).